The molecule has 0 aliphatic carbocycles. The Balaban J connectivity index is 2.02. The molecule has 2 rings (SSSR count). The zero-order valence-electron chi connectivity index (χ0n) is 9.73. The Kier molecular flexibility index (Phi) is 3.38. The fraction of sp³-hybridized carbons (Fsp3) is 0.286. The molecule has 88 valence electrons. The third-order valence-electron chi connectivity index (χ3n) is 2.92. The summed E-state index contributed by atoms with van der Waals surface area (Å²) < 4.78 is 4.51. The van der Waals surface area contributed by atoms with Crippen molar-refractivity contribution in [2.24, 2.45) is 0 Å². The van der Waals surface area contributed by atoms with Gasteiger partial charge in [0.2, 0.25) is 0 Å². The molecule has 0 radical (unpaired) electrons. The predicted molar refractivity (Wildman–Crippen MR) is 63.2 cm³/mol. The first-order chi connectivity index (χ1) is 8.16. The second kappa shape index (κ2) is 4.95. The number of rotatable bonds is 3. The summed E-state index contributed by atoms with van der Waals surface area (Å²) in [5.74, 6) is -0.912. The summed E-state index contributed by atoms with van der Waals surface area (Å²) in [6, 6.07) is 10.1. The summed E-state index contributed by atoms with van der Waals surface area (Å²) in [4.78, 5) is 22.3. The normalized spacial score (nSPS) is 18.2. The lowest BCUT2D eigenvalue weighted by Crippen LogP contribution is -1.99. The van der Waals surface area contributed by atoms with E-state index < -0.39 is 11.9 Å². The van der Waals surface area contributed by atoms with Crippen molar-refractivity contribution in [3.05, 3.63) is 47.0 Å². The van der Waals surface area contributed by atoms with Gasteiger partial charge in [-0.1, -0.05) is 35.9 Å². The molecule has 0 aromatic heterocycles. The van der Waals surface area contributed by atoms with Crippen molar-refractivity contribution in [3.63, 3.8) is 0 Å². The van der Waals surface area contributed by atoms with E-state index in [1.54, 1.807) is 0 Å². The summed E-state index contributed by atoms with van der Waals surface area (Å²) in [6.45, 7) is 1.89. The summed E-state index contributed by atoms with van der Waals surface area (Å²) in [7, 11) is 0. The van der Waals surface area contributed by atoms with Crippen molar-refractivity contribution in [2.45, 2.75) is 26.2 Å². The monoisotopic (exact) mass is 230 g/mol. The molecule has 3 heteroatoms. The number of ether oxygens (including phenoxy) is 1. The molecular weight excluding hydrogens is 216 g/mol. The highest BCUT2D eigenvalue weighted by Crippen LogP contribution is 2.22. The lowest BCUT2D eigenvalue weighted by Gasteiger charge is -2.03. The third-order valence-corrected chi connectivity index (χ3v) is 2.92. The fourth-order valence-electron chi connectivity index (χ4n) is 1.87. The molecule has 0 atom stereocenters. The number of benzene rings is 1. The molecular formula is C14H14O3. The minimum atomic E-state index is -0.472. The van der Waals surface area contributed by atoms with Crippen LogP contribution in [-0.4, -0.2) is 11.9 Å². The summed E-state index contributed by atoms with van der Waals surface area (Å²) in [5.41, 5.74) is 2.71. The standard InChI is InChI=1S/C14H14O3/c1-10(12-9-13(15)17-14(12)16)7-8-11-5-3-2-4-6-11/h2-6H,7-9H2,1H3. The van der Waals surface area contributed by atoms with Crippen molar-refractivity contribution < 1.29 is 14.3 Å². The number of cyclic esters (lactones) is 2. The van der Waals surface area contributed by atoms with Crippen LogP contribution in [0.1, 0.15) is 25.3 Å². The predicted octanol–water partition coefficient (Wildman–Crippen LogP) is 2.41. The molecule has 0 amide bonds. The van der Waals surface area contributed by atoms with Gasteiger partial charge in [-0.2, -0.15) is 0 Å². The van der Waals surface area contributed by atoms with Gasteiger partial charge in [-0.3, -0.25) is 4.79 Å². The highest BCUT2D eigenvalue weighted by Gasteiger charge is 2.28. The van der Waals surface area contributed by atoms with Crippen LogP contribution in [0, 0.1) is 0 Å². The molecule has 0 bridgehead atoms. The van der Waals surface area contributed by atoms with Gasteiger partial charge in [-0.05, 0) is 25.3 Å². The molecule has 0 N–H and O–H groups in total. The highest BCUT2D eigenvalue weighted by molar-refractivity contribution is 6.06. The van der Waals surface area contributed by atoms with Crippen LogP contribution in [0.3, 0.4) is 0 Å². The Morgan fingerprint density at radius 3 is 2.53 bits per heavy atom. The second-order valence-corrected chi connectivity index (χ2v) is 4.18. The zero-order chi connectivity index (χ0) is 12.3. The van der Waals surface area contributed by atoms with Gasteiger partial charge in [0.05, 0.1) is 6.42 Å². The Labute approximate surface area is 100 Å². The van der Waals surface area contributed by atoms with Gasteiger partial charge in [-0.15, -0.1) is 0 Å². The highest BCUT2D eigenvalue weighted by atomic mass is 16.6. The lowest BCUT2D eigenvalue weighted by molar-refractivity contribution is -0.151. The van der Waals surface area contributed by atoms with Gasteiger partial charge in [0, 0.05) is 5.57 Å². The van der Waals surface area contributed by atoms with E-state index in [9.17, 15) is 9.59 Å². The number of esters is 2. The minimum absolute atomic E-state index is 0.124. The van der Waals surface area contributed by atoms with E-state index in [1.807, 2.05) is 25.1 Å². The number of allylic oxidation sites excluding steroid dienone is 1. The van der Waals surface area contributed by atoms with E-state index >= 15 is 0 Å². The number of hydrogen-bond donors (Lipinski definition) is 0. The van der Waals surface area contributed by atoms with Crippen molar-refractivity contribution in [1.82, 2.24) is 0 Å². The Hall–Kier alpha value is -1.90. The SMILES string of the molecule is CC(CCc1ccccc1)=C1CC(=O)OC1=O. The molecule has 1 heterocycles. The van der Waals surface area contributed by atoms with Crippen LogP contribution in [0.4, 0.5) is 0 Å². The molecule has 1 saturated heterocycles. The third kappa shape index (κ3) is 2.81. The van der Waals surface area contributed by atoms with Crippen molar-refractivity contribution >= 4 is 11.9 Å². The topological polar surface area (TPSA) is 43.4 Å². The number of aryl methyl sites for hydroxylation is 1. The first kappa shape index (κ1) is 11.6. The fourth-order valence-corrected chi connectivity index (χ4v) is 1.87. The van der Waals surface area contributed by atoms with Crippen LogP contribution in [0.15, 0.2) is 41.5 Å². The van der Waals surface area contributed by atoms with Crippen LogP contribution in [-0.2, 0) is 20.7 Å². The molecule has 0 unspecified atom stereocenters. The van der Waals surface area contributed by atoms with Gasteiger partial charge in [-0.25, -0.2) is 4.79 Å². The quantitative estimate of drug-likeness (QED) is 0.455. The van der Waals surface area contributed by atoms with Crippen molar-refractivity contribution in [1.29, 1.82) is 0 Å². The molecule has 1 aromatic carbocycles. The Bertz CT molecular complexity index is 472. The van der Waals surface area contributed by atoms with E-state index in [2.05, 4.69) is 16.9 Å². The number of hydrogen-bond acceptors (Lipinski definition) is 3. The summed E-state index contributed by atoms with van der Waals surface area (Å²) >= 11 is 0. The molecule has 1 aliphatic rings. The summed E-state index contributed by atoms with van der Waals surface area (Å²) in [6.07, 6.45) is 1.78. The second-order valence-electron chi connectivity index (χ2n) is 4.18. The number of carbonyl (C=O) groups excluding carboxylic acids is 2. The zero-order valence-corrected chi connectivity index (χ0v) is 9.73. The van der Waals surface area contributed by atoms with Crippen LogP contribution in [0.5, 0.6) is 0 Å². The van der Waals surface area contributed by atoms with Crippen molar-refractivity contribution in [2.75, 3.05) is 0 Å². The maximum absolute atomic E-state index is 11.3. The average Bonchev–Trinajstić information content (AvgIpc) is 2.67. The van der Waals surface area contributed by atoms with E-state index in [4.69, 9.17) is 0 Å². The number of carbonyl (C=O) groups is 2. The molecule has 1 aliphatic heterocycles. The Morgan fingerprint density at radius 1 is 1.24 bits per heavy atom. The van der Waals surface area contributed by atoms with Crippen LogP contribution in [0.2, 0.25) is 0 Å². The van der Waals surface area contributed by atoms with Gasteiger partial charge in [0.25, 0.3) is 0 Å². The van der Waals surface area contributed by atoms with E-state index in [1.165, 1.54) is 5.56 Å². The molecule has 1 aromatic rings. The molecule has 0 saturated carbocycles. The van der Waals surface area contributed by atoms with E-state index in [-0.39, 0.29) is 6.42 Å². The molecule has 1 fully saturated rings. The average molecular weight is 230 g/mol. The first-order valence-electron chi connectivity index (χ1n) is 5.64. The van der Waals surface area contributed by atoms with Crippen LogP contribution < -0.4 is 0 Å². The molecule has 3 nitrogen and oxygen atoms in total. The molecule has 0 spiro atoms. The van der Waals surface area contributed by atoms with Crippen molar-refractivity contribution in [3.8, 4) is 0 Å². The van der Waals surface area contributed by atoms with E-state index in [0.29, 0.717) is 5.57 Å². The van der Waals surface area contributed by atoms with Gasteiger partial charge in [0.15, 0.2) is 0 Å². The maximum atomic E-state index is 11.3. The van der Waals surface area contributed by atoms with Gasteiger partial charge in [0.1, 0.15) is 0 Å². The first-order valence-corrected chi connectivity index (χ1v) is 5.64. The van der Waals surface area contributed by atoms with Gasteiger partial charge >= 0.3 is 11.9 Å². The van der Waals surface area contributed by atoms with E-state index in [0.717, 1.165) is 18.4 Å². The smallest absolute Gasteiger partial charge is 0.342 e. The van der Waals surface area contributed by atoms with Crippen LogP contribution >= 0.6 is 0 Å². The largest absolute Gasteiger partial charge is 0.389 e. The Morgan fingerprint density at radius 2 is 1.94 bits per heavy atom. The lowest BCUT2D eigenvalue weighted by atomic mass is 10.0. The minimum Gasteiger partial charge on any atom is -0.389 e. The molecule has 17 heavy (non-hydrogen) atoms. The summed E-state index contributed by atoms with van der Waals surface area (Å²) in [5, 5.41) is 0. The maximum Gasteiger partial charge on any atom is 0.342 e. The van der Waals surface area contributed by atoms with Crippen LogP contribution in [0.25, 0.3) is 0 Å². The van der Waals surface area contributed by atoms with Gasteiger partial charge < -0.3 is 4.74 Å².